The summed E-state index contributed by atoms with van der Waals surface area (Å²) in [5.74, 6) is 0. The van der Waals surface area contributed by atoms with E-state index in [9.17, 15) is 0 Å². The number of hydrogen-bond acceptors (Lipinski definition) is 3. The Bertz CT molecular complexity index is 466. The topological polar surface area (TPSA) is 39.1 Å². The van der Waals surface area contributed by atoms with Gasteiger partial charge >= 0.3 is 0 Å². The molecule has 0 saturated heterocycles. The van der Waals surface area contributed by atoms with Crippen molar-refractivity contribution in [2.75, 3.05) is 13.7 Å². The van der Waals surface area contributed by atoms with Crippen molar-refractivity contribution in [1.82, 2.24) is 15.1 Å². The molecule has 120 valence electrons. The Labute approximate surface area is 133 Å². The molecule has 5 heteroatoms. The van der Waals surface area contributed by atoms with E-state index in [-0.39, 0.29) is 5.60 Å². The number of nitrogens with zero attached hydrogens (tertiary/aromatic N) is 2. The molecule has 0 radical (unpaired) electrons. The molecule has 0 bridgehead atoms. The molecule has 1 aliphatic carbocycles. The molecule has 1 N–H and O–H groups in total. The molecule has 21 heavy (non-hydrogen) atoms. The second-order valence-electron chi connectivity index (χ2n) is 6.17. The predicted octanol–water partition coefficient (Wildman–Crippen LogP) is 3.25. The summed E-state index contributed by atoms with van der Waals surface area (Å²) in [5.41, 5.74) is 2.12. The van der Waals surface area contributed by atoms with Gasteiger partial charge in [0.05, 0.1) is 11.3 Å². The quantitative estimate of drug-likeness (QED) is 0.840. The van der Waals surface area contributed by atoms with E-state index in [0.29, 0.717) is 6.04 Å². The molecule has 0 amide bonds. The third kappa shape index (κ3) is 3.43. The van der Waals surface area contributed by atoms with Crippen LogP contribution in [0.1, 0.15) is 50.3 Å². The monoisotopic (exact) mass is 313 g/mol. The van der Waals surface area contributed by atoms with Gasteiger partial charge in [0.25, 0.3) is 0 Å². The van der Waals surface area contributed by atoms with Gasteiger partial charge in [0, 0.05) is 25.8 Å². The summed E-state index contributed by atoms with van der Waals surface area (Å²) in [6, 6.07) is 0.297. The smallest absolute Gasteiger partial charge is 0.130 e. The van der Waals surface area contributed by atoms with Gasteiger partial charge in [-0.15, -0.1) is 0 Å². The van der Waals surface area contributed by atoms with E-state index in [2.05, 4.69) is 17.3 Å². The van der Waals surface area contributed by atoms with Crippen LogP contribution in [-0.2, 0) is 18.2 Å². The summed E-state index contributed by atoms with van der Waals surface area (Å²) in [6.45, 7) is 5.24. The Morgan fingerprint density at radius 1 is 1.43 bits per heavy atom. The van der Waals surface area contributed by atoms with Gasteiger partial charge in [-0.1, -0.05) is 31.4 Å². The van der Waals surface area contributed by atoms with Gasteiger partial charge < -0.3 is 10.1 Å². The minimum absolute atomic E-state index is 0.0548. The van der Waals surface area contributed by atoms with Crippen molar-refractivity contribution in [3.8, 4) is 0 Å². The summed E-state index contributed by atoms with van der Waals surface area (Å²) >= 11 is 6.42. The number of aromatic nitrogens is 2. The molecule has 1 aliphatic rings. The van der Waals surface area contributed by atoms with Crippen molar-refractivity contribution in [3.63, 3.8) is 0 Å². The summed E-state index contributed by atoms with van der Waals surface area (Å²) in [5, 5.41) is 8.88. The molecule has 1 aromatic rings. The molecule has 2 rings (SSSR count). The minimum atomic E-state index is -0.0548. The second-order valence-corrected chi connectivity index (χ2v) is 6.52. The molecule has 0 spiro atoms. The number of nitrogens with one attached hydrogen (secondary N) is 1. The Morgan fingerprint density at radius 2 is 2.10 bits per heavy atom. The Morgan fingerprint density at radius 3 is 2.57 bits per heavy atom. The van der Waals surface area contributed by atoms with Crippen LogP contribution in [0.2, 0.25) is 5.15 Å². The number of halogens is 1. The van der Waals surface area contributed by atoms with Crippen LogP contribution in [0.4, 0.5) is 0 Å². The molecule has 0 aromatic carbocycles. The van der Waals surface area contributed by atoms with Crippen LogP contribution in [0.3, 0.4) is 0 Å². The molecule has 1 atom stereocenters. The van der Waals surface area contributed by atoms with Crippen molar-refractivity contribution in [2.45, 2.75) is 64.0 Å². The van der Waals surface area contributed by atoms with E-state index in [1.807, 2.05) is 21.1 Å². The summed E-state index contributed by atoms with van der Waals surface area (Å²) in [4.78, 5) is 0. The first-order chi connectivity index (χ1) is 10.0. The lowest BCUT2D eigenvalue weighted by molar-refractivity contribution is -0.0354. The van der Waals surface area contributed by atoms with Crippen LogP contribution in [0.15, 0.2) is 0 Å². The highest BCUT2D eigenvalue weighted by Crippen LogP contribution is 2.37. The highest BCUT2D eigenvalue weighted by Gasteiger charge is 2.41. The fourth-order valence-electron chi connectivity index (χ4n) is 3.54. The van der Waals surface area contributed by atoms with Gasteiger partial charge in [0.1, 0.15) is 5.15 Å². The maximum absolute atomic E-state index is 6.42. The standard InChI is InChI=1S/C16H28ClN3O/c1-5-10-18-14(16(21-4)8-6-7-9-16)11-13-12(2)19-20(3)15(13)17/h14,18H,5-11H2,1-4H3. The highest BCUT2D eigenvalue weighted by atomic mass is 35.5. The average Bonchev–Trinajstić information content (AvgIpc) is 3.04. The number of methoxy groups -OCH3 is 1. The van der Waals surface area contributed by atoms with Crippen molar-refractivity contribution in [1.29, 1.82) is 0 Å². The van der Waals surface area contributed by atoms with Crippen LogP contribution in [0, 0.1) is 6.92 Å². The first-order valence-corrected chi connectivity index (χ1v) is 8.38. The lowest BCUT2D eigenvalue weighted by Crippen LogP contribution is -2.52. The molecule has 1 fully saturated rings. The first-order valence-electron chi connectivity index (χ1n) is 8.00. The molecular formula is C16H28ClN3O. The van der Waals surface area contributed by atoms with Crippen molar-refractivity contribution < 1.29 is 4.74 Å². The predicted molar refractivity (Wildman–Crippen MR) is 86.9 cm³/mol. The molecule has 1 aromatic heterocycles. The molecule has 1 heterocycles. The summed E-state index contributed by atoms with van der Waals surface area (Å²) < 4.78 is 7.75. The van der Waals surface area contributed by atoms with E-state index in [0.717, 1.165) is 48.6 Å². The number of aryl methyl sites for hydroxylation is 2. The number of ether oxygens (including phenoxy) is 1. The first kappa shape index (κ1) is 16.8. The van der Waals surface area contributed by atoms with E-state index >= 15 is 0 Å². The van der Waals surface area contributed by atoms with Crippen LogP contribution in [-0.4, -0.2) is 35.1 Å². The molecule has 4 nitrogen and oxygen atoms in total. The van der Waals surface area contributed by atoms with Crippen molar-refractivity contribution >= 4 is 11.6 Å². The zero-order valence-corrected chi connectivity index (χ0v) is 14.5. The van der Waals surface area contributed by atoms with Gasteiger partial charge in [0.15, 0.2) is 0 Å². The number of rotatable bonds is 7. The Balaban J connectivity index is 2.23. The summed E-state index contributed by atoms with van der Waals surface area (Å²) in [6.07, 6.45) is 6.75. The zero-order chi connectivity index (χ0) is 15.5. The molecular weight excluding hydrogens is 286 g/mol. The fourth-order valence-corrected chi connectivity index (χ4v) is 3.79. The maximum Gasteiger partial charge on any atom is 0.130 e. The molecule has 1 unspecified atom stereocenters. The minimum Gasteiger partial charge on any atom is -0.377 e. The van der Waals surface area contributed by atoms with Crippen molar-refractivity contribution in [3.05, 3.63) is 16.4 Å². The normalized spacial score (nSPS) is 19.1. The van der Waals surface area contributed by atoms with Crippen LogP contribution >= 0.6 is 11.6 Å². The van der Waals surface area contributed by atoms with Gasteiger partial charge in [-0.3, -0.25) is 4.68 Å². The van der Waals surface area contributed by atoms with Crippen LogP contribution in [0.5, 0.6) is 0 Å². The maximum atomic E-state index is 6.42. The molecule has 0 aliphatic heterocycles. The van der Waals surface area contributed by atoms with Gasteiger partial charge in [-0.2, -0.15) is 5.10 Å². The third-order valence-electron chi connectivity index (χ3n) is 4.81. The average molecular weight is 314 g/mol. The van der Waals surface area contributed by atoms with Crippen molar-refractivity contribution in [2.24, 2.45) is 7.05 Å². The van der Waals surface area contributed by atoms with E-state index in [1.165, 1.54) is 12.8 Å². The number of hydrogen-bond donors (Lipinski definition) is 1. The molecule has 1 saturated carbocycles. The Hall–Kier alpha value is -0.580. The SMILES string of the molecule is CCCNC(Cc1c(C)nn(C)c1Cl)C1(OC)CCCC1. The van der Waals surface area contributed by atoms with E-state index in [1.54, 1.807) is 4.68 Å². The van der Waals surface area contributed by atoms with Gasteiger partial charge in [0.2, 0.25) is 0 Å². The lowest BCUT2D eigenvalue weighted by Gasteiger charge is -2.37. The van der Waals surface area contributed by atoms with Gasteiger partial charge in [-0.25, -0.2) is 0 Å². The fraction of sp³-hybridized carbons (Fsp3) is 0.812. The summed E-state index contributed by atoms with van der Waals surface area (Å²) in [7, 11) is 3.75. The third-order valence-corrected chi connectivity index (χ3v) is 5.28. The van der Waals surface area contributed by atoms with E-state index in [4.69, 9.17) is 16.3 Å². The Kier molecular flexibility index (Phi) is 5.69. The lowest BCUT2D eigenvalue weighted by atomic mass is 9.87. The van der Waals surface area contributed by atoms with Gasteiger partial charge in [-0.05, 0) is 39.2 Å². The highest BCUT2D eigenvalue weighted by molar-refractivity contribution is 6.30. The van der Waals surface area contributed by atoms with Crippen LogP contribution in [0.25, 0.3) is 0 Å². The second kappa shape index (κ2) is 7.12. The van der Waals surface area contributed by atoms with E-state index < -0.39 is 0 Å². The zero-order valence-electron chi connectivity index (χ0n) is 13.7. The largest absolute Gasteiger partial charge is 0.377 e. The van der Waals surface area contributed by atoms with Crippen LogP contribution < -0.4 is 5.32 Å².